The summed E-state index contributed by atoms with van der Waals surface area (Å²) in [7, 11) is 1.68. The molecule has 20 heavy (non-hydrogen) atoms. The van der Waals surface area contributed by atoms with Gasteiger partial charge >= 0.3 is 6.09 Å². The summed E-state index contributed by atoms with van der Waals surface area (Å²) in [6.45, 7) is 2.34. The lowest BCUT2D eigenvalue weighted by Crippen LogP contribution is -2.57. The van der Waals surface area contributed by atoms with E-state index in [-0.39, 0.29) is 12.0 Å². The first-order chi connectivity index (χ1) is 9.75. The third-order valence-corrected chi connectivity index (χ3v) is 4.35. The van der Waals surface area contributed by atoms with Crippen molar-refractivity contribution in [1.29, 1.82) is 0 Å². The second-order valence-electron chi connectivity index (χ2n) is 5.38. The zero-order valence-electron chi connectivity index (χ0n) is 11.6. The van der Waals surface area contributed by atoms with Crippen LogP contribution in [-0.2, 0) is 4.74 Å². The highest BCUT2D eigenvalue weighted by atomic mass is 16.6. The van der Waals surface area contributed by atoms with E-state index in [1.807, 2.05) is 18.2 Å². The molecular weight excluding hydrogens is 256 g/mol. The molecule has 0 aromatic heterocycles. The molecule has 1 spiro atoms. The van der Waals surface area contributed by atoms with Gasteiger partial charge in [-0.25, -0.2) is 4.79 Å². The molecule has 2 aliphatic heterocycles. The molecular formula is C15H20N2O3. The molecule has 1 atom stereocenters. The molecule has 0 saturated carbocycles. The summed E-state index contributed by atoms with van der Waals surface area (Å²) in [6.07, 6.45) is 1.37. The van der Waals surface area contributed by atoms with Gasteiger partial charge in [0.15, 0.2) is 0 Å². The molecule has 0 radical (unpaired) electrons. The van der Waals surface area contributed by atoms with Crippen molar-refractivity contribution >= 4 is 6.09 Å². The minimum atomic E-state index is -0.414. The molecule has 2 saturated heterocycles. The van der Waals surface area contributed by atoms with Gasteiger partial charge in [0.05, 0.1) is 7.11 Å². The number of nitrogens with one attached hydrogen (secondary N) is 2. The van der Waals surface area contributed by atoms with Crippen molar-refractivity contribution in [3.63, 3.8) is 0 Å². The summed E-state index contributed by atoms with van der Waals surface area (Å²) in [4.78, 5) is 11.7. The fraction of sp³-hybridized carbons (Fsp3) is 0.533. The van der Waals surface area contributed by atoms with Crippen molar-refractivity contribution in [1.82, 2.24) is 10.6 Å². The number of hydrogen-bond acceptors (Lipinski definition) is 4. The van der Waals surface area contributed by atoms with Crippen LogP contribution in [0, 0.1) is 0 Å². The first kappa shape index (κ1) is 13.2. The number of para-hydroxylation sites is 1. The molecule has 5 nitrogen and oxygen atoms in total. The van der Waals surface area contributed by atoms with Gasteiger partial charge in [0.2, 0.25) is 0 Å². The van der Waals surface area contributed by atoms with Crippen molar-refractivity contribution in [3.8, 4) is 5.75 Å². The molecule has 3 rings (SSSR count). The lowest BCUT2D eigenvalue weighted by Gasteiger charge is -2.46. The zero-order chi connectivity index (χ0) is 14.0. The number of benzene rings is 1. The van der Waals surface area contributed by atoms with Crippen LogP contribution in [0.2, 0.25) is 0 Å². The molecule has 5 heteroatoms. The van der Waals surface area contributed by atoms with Gasteiger partial charge in [-0.1, -0.05) is 18.2 Å². The molecule has 0 unspecified atom stereocenters. The summed E-state index contributed by atoms with van der Waals surface area (Å²) in [5.41, 5.74) is 0.694. The summed E-state index contributed by atoms with van der Waals surface area (Å²) in [6, 6.07) is 7.98. The maximum absolute atomic E-state index is 11.7. The van der Waals surface area contributed by atoms with E-state index in [9.17, 15) is 4.79 Å². The molecule has 2 heterocycles. The Labute approximate surface area is 118 Å². The Bertz CT molecular complexity index is 498. The number of ether oxygens (including phenoxy) is 2. The Morgan fingerprint density at radius 1 is 1.30 bits per heavy atom. The summed E-state index contributed by atoms with van der Waals surface area (Å²) in [5.74, 6) is 0.980. The number of methoxy groups -OCH3 is 1. The van der Waals surface area contributed by atoms with Crippen molar-refractivity contribution in [2.45, 2.75) is 24.4 Å². The number of carbonyl (C=O) groups is 1. The highest BCUT2D eigenvalue weighted by molar-refractivity contribution is 5.69. The van der Waals surface area contributed by atoms with Crippen LogP contribution in [0.25, 0.3) is 0 Å². The lowest BCUT2D eigenvalue weighted by atomic mass is 9.75. The van der Waals surface area contributed by atoms with Gasteiger partial charge in [0.25, 0.3) is 0 Å². The van der Waals surface area contributed by atoms with Crippen LogP contribution in [0.5, 0.6) is 5.75 Å². The minimum absolute atomic E-state index is 0.124. The Morgan fingerprint density at radius 3 is 2.80 bits per heavy atom. The predicted octanol–water partition coefficient (Wildman–Crippen LogP) is 1.64. The van der Waals surface area contributed by atoms with Crippen molar-refractivity contribution < 1.29 is 14.3 Å². The van der Waals surface area contributed by atoms with Crippen LogP contribution in [-0.4, -0.2) is 38.4 Å². The van der Waals surface area contributed by atoms with Crippen molar-refractivity contribution in [2.75, 3.05) is 26.7 Å². The number of alkyl carbamates (subject to hydrolysis) is 1. The summed E-state index contributed by atoms with van der Waals surface area (Å²) < 4.78 is 11.2. The van der Waals surface area contributed by atoms with Gasteiger partial charge in [-0.05, 0) is 19.2 Å². The third-order valence-electron chi connectivity index (χ3n) is 4.35. The maximum Gasteiger partial charge on any atom is 0.407 e. The highest BCUT2D eigenvalue weighted by Crippen LogP contribution is 2.43. The molecule has 1 amide bonds. The quantitative estimate of drug-likeness (QED) is 0.862. The summed E-state index contributed by atoms with van der Waals surface area (Å²) >= 11 is 0. The van der Waals surface area contributed by atoms with E-state index in [1.54, 1.807) is 7.11 Å². The Morgan fingerprint density at radius 2 is 2.05 bits per heavy atom. The van der Waals surface area contributed by atoms with Gasteiger partial charge in [0.1, 0.15) is 11.4 Å². The third kappa shape index (κ3) is 2.22. The molecule has 2 aliphatic rings. The highest BCUT2D eigenvalue weighted by Gasteiger charge is 2.47. The normalized spacial score (nSPS) is 24.9. The maximum atomic E-state index is 11.7. The molecule has 0 aliphatic carbocycles. The SMILES string of the molecule is COc1ccccc1[C@@H]1CNC(=O)OC12CCNCC2. The van der Waals surface area contributed by atoms with Crippen LogP contribution in [0.3, 0.4) is 0 Å². The lowest BCUT2D eigenvalue weighted by molar-refractivity contribution is -0.0499. The van der Waals surface area contributed by atoms with Crippen LogP contribution in [0.15, 0.2) is 24.3 Å². The monoisotopic (exact) mass is 276 g/mol. The van der Waals surface area contributed by atoms with Crippen LogP contribution < -0.4 is 15.4 Å². The van der Waals surface area contributed by atoms with Crippen molar-refractivity contribution in [2.24, 2.45) is 0 Å². The van der Waals surface area contributed by atoms with E-state index in [2.05, 4.69) is 16.7 Å². The summed E-state index contributed by atoms with van der Waals surface area (Å²) in [5, 5.41) is 6.15. The Balaban J connectivity index is 1.98. The number of carbonyl (C=O) groups excluding carboxylic acids is 1. The number of amides is 1. The van der Waals surface area contributed by atoms with Gasteiger partial charge in [0, 0.05) is 30.9 Å². The van der Waals surface area contributed by atoms with E-state index in [0.717, 1.165) is 37.2 Å². The number of rotatable bonds is 2. The fourth-order valence-corrected chi connectivity index (χ4v) is 3.31. The van der Waals surface area contributed by atoms with Gasteiger partial charge < -0.3 is 20.1 Å². The topological polar surface area (TPSA) is 59.6 Å². The molecule has 2 N–H and O–H groups in total. The van der Waals surface area contributed by atoms with Crippen molar-refractivity contribution in [3.05, 3.63) is 29.8 Å². The molecule has 1 aromatic rings. The van der Waals surface area contributed by atoms with E-state index in [0.29, 0.717) is 6.54 Å². The zero-order valence-corrected chi connectivity index (χ0v) is 11.6. The van der Waals surface area contributed by atoms with Gasteiger partial charge in [-0.3, -0.25) is 0 Å². The average Bonchev–Trinajstić information content (AvgIpc) is 2.48. The second kappa shape index (κ2) is 5.32. The predicted molar refractivity (Wildman–Crippen MR) is 75.1 cm³/mol. The minimum Gasteiger partial charge on any atom is -0.496 e. The smallest absolute Gasteiger partial charge is 0.407 e. The number of piperidine rings is 1. The van der Waals surface area contributed by atoms with Crippen LogP contribution in [0.1, 0.15) is 24.3 Å². The Hall–Kier alpha value is -1.75. The molecule has 108 valence electrons. The standard InChI is InChI=1S/C15H20N2O3/c1-19-13-5-3-2-4-11(13)12-10-17-14(18)20-15(12)6-8-16-9-7-15/h2-5,12,16H,6-10H2,1H3,(H,17,18)/t12-/m0/s1. The largest absolute Gasteiger partial charge is 0.496 e. The first-order valence-corrected chi connectivity index (χ1v) is 7.06. The van der Waals surface area contributed by atoms with Crippen LogP contribution >= 0.6 is 0 Å². The number of hydrogen-bond donors (Lipinski definition) is 2. The van der Waals surface area contributed by atoms with E-state index < -0.39 is 5.60 Å². The van der Waals surface area contributed by atoms with E-state index >= 15 is 0 Å². The van der Waals surface area contributed by atoms with Gasteiger partial charge in [-0.15, -0.1) is 0 Å². The molecule has 1 aromatic carbocycles. The molecule has 0 bridgehead atoms. The van der Waals surface area contributed by atoms with Gasteiger partial charge in [-0.2, -0.15) is 0 Å². The Kier molecular flexibility index (Phi) is 3.53. The van der Waals surface area contributed by atoms with Crippen LogP contribution in [0.4, 0.5) is 4.79 Å². The second-order valence-corrected chi connectivity index (χ2v) is 5.38. The first-order valence-electron chi connectivity index (χ1n) is 7.06. The fourth-order valence-electron chi connectivity index (χ4n) is 3.31. The van der Waals surface area contributed by atoms with E-state index in [4.69, 9.17) is 9.47 Å². The molecule has 2 fully saturated rings. The van der Waals surface area contributed by atoms with E-state index in [1.165, 1.54) is 0 Å². The average molecular weight is 276 g/mol.